The Balaban J connectivity index is 0.000000287. The van der Waals surface area contributed by atoms with Gasteiger partial charge in [-0.1, -0.05) is 18.2 Å². The fraction of sp³-hybridized carbons (Fsp3) is 0.214. The molecule has 7 nitrogen and oxygen atoms in total. The minimum Gasteiger partial charge on any atom is -0.497 e. The highest BCUT2D eigenvalue weighted by Crippen LogP contribution is 2.27. The Labute approximate surface area is 205 Å². The molecule has 1 aromatic heterocycles. The molecule has 4 aromatic rings. The van der Waals surface area contributed by atoms with Crippen LogP contribution in [0.4, 0.5) is 5.69 Å². The average molecular weight is 475 g/mol. The van der Waals surface area contributed by atoms with Crippen molar-refractivity contribution in [2.24, 2.45) is 0 Å². The predicted molar refractivity (Wildman–Crippen MR) is 137 cm³/mol. The molecule has 1 heterocycles. The van der Waals surface area contributed by atoms with Crippen molar-refractivity contribution in [1.29, 1.82) is 0 Å². The van der Waals surface area contributed by atoms with Gasteiger partial charge < -0.3 is 23.9 Å². The number of benzene rings is 3. The summed E-state index contributed by atoms with van der Waals surface area (Å²) in [6.45, 7) is 5.96. The van der Waals surface area contributed by atoms with Gasteiger partial charge in [0.05, 0.1) is 26.9 Å². The van der Waals surface area contributed by atoms with E-state index in [-0.39, 0.29) is 5.91 Å². The van der Waals surface area contributed by atoms with Crippen molar-refractivity contribution in [3.63, 3.8) is 0 Å². The lowest BCUT2D eigenvalue weighted by atomic mass is 10.1. The van der Waals surface area contributed by atoms with Gasteiger partial charge in [-0.2, -0.15) is 0 Å². The number of rotatable bonds is 6. The van der Waals surface area contributed by atoms with E-state index >= 15 is 0 Å². The quantitative estimate of drug-likeness (QED) is 0.357. The second-order valence-corrected chi connectivity index (χ2v) is 7.80. The van der Waals surface area contributed by atoms with Crippen molar-refractivity contribution < 1.29 is 23.4 Å². The molecule has 4 rings (SSSR count). The van der Waals surface area contributed by atoms with E-state index in [2.05, 4.69) is 30.2 Å². The van der Waals surface area contributed by atoms with Gasteiger partial charge in [-0.15, -0.1) is 0 Å². The van der Waals surface area contributed by atoms with Gasteiger partial charge in [0.15, 0.2) is 5.89 Å². The molecule has 3 aromatic carbocycles. The van der Waals surface area contributed by atoms with Crippen molar-refractivity contribution in [3.8, 4) is 28.5 Å². The molecule has 7 heteroatoms. The summed E-state index contributed by atoms with van der Waals surface area (Å²) in [6.07, 6.45) is 1.59. The van der Waals surface area contributed by atoms with Gasteiger partial charge in [0.25, 0.3) is 5.91 Å². The summed E-state index contributed by atoms with van der Waals surface area (Å²) in [5, 5.41) is 2.87. The van der Waals surface area contributed by atoms with E-state index in [1.165, 1.54) is 18.2 Å². The van der Waals surface area contributed by atoms with Crippen LogP contribution >= 0.6 is 0 Å². The van der Waals surface area contributed by atoms with E-state index in [0.717, 1.165) is 17.0 Å². The zero-order chi connectivity index (χ0) is 25.4. The zero-order valence-corrected chi connectivity index (χ0v) is 20.8. The van der Waals surface area contributed by atoms with Crippen LogP contribution in [0.3, 0.4) is 0 Å². The third kappa shape index (κ3) is 6.63. The topological polar surface area (TPSA) is 82.8 Å². The van der Waals surface area contributed by atoms with Crippen LogP contribution in [-0.2, 0) is 0 Å². The molecular formula is C28H30N2O5. The number of amides is 1. The molecule has 35 heavy (non-hydrogen) atoms. The third-order valence-electron chi connectivity index (χ3n) is 5.40. The summed E-state index contributed by atoms with van der Waals surface area (Å²) in [7, 11) is 4.76. The Bertz CT molecular complexity index is 1300. The van der Waals surface area contributed by atoms with Gasteiger partial charge in [0.2, 0.25) is 0 Å². The summed E-state index contributed by atoms with van der Waals surface area (Å²) >= 11 is 0. The number of carbonyl (C=O) groups excluding carboxylic acids is 1. The van der Waals surface area contributed by atoms with Gasteiger partial charge in [-0.05, 0) is 61.4 Å². The largest absolute Gasteiger partial charge is 0.497 e. The zero-order valence-electron chi connectivity index (χ0n) is 20.8. The second kappa shape index (κ2) is 11.7. The van der Waals surface area contributed by atoms with Crippen LogP contribution in [0.1, 0.15) is 27.4 Å². The fourth-order valence-corrected chi connectivity index (χ4v) is 3.28. The number of nitrogens with zero attached hydrogens (tertiary/aromatic N) is 1. The number of oxazole rings is 1. The van der Waals surface area contributed by atoms with Crippen LogP contribution in [0.15, 0.2) is 71.3 Å². The Morgan fingerprint density at radius 1 is 0.829 bits per heavy atom. The predicted octanol–water partition coefficient (Wildman–Crippen LogP) is 6.23. The first-order valence-electron chi connectivity index (χ1n) is 11.0. The maximum absolute atomic E-state index is 12.6. The van der Waals surface area contributed by atoms with Crippen LogP contribution in [0.25, 0.3) is 11.3 Å². The highest BCUT2D eigenvalue weighted by Gasteiger charge is 2.14. The number of methoxy groups -OCH3 is 3. The smallest absolute Gasteiger partial charge is 0.259 e. The minimum atomic E-state index is -0.270. The molecule has 0 unspecified atom stereocenters. The SMILES string of the molecule is COc1ccc(C(=O)Nc2cccc(-c3coc(C)n3)c2)c(OC)c1.COc1ccc(C)c(C)c1. The summed E-state index contributed by atoms with van der Waals surface area (Å²) in [4.78, 5) is 16.9. The maximum Gasteiger partial charge on any atom is 0.259 e. The summed E-state index contributed by atoms with van der Waals surface area (Å²) < 4.78 is 20.7. The molecular weight excluding hydrogens is 444 g/mol. The highest BCUT2D eigenvalue weighted by molar-refractivity contribution is 6.06. The second-order valence-electron chi connectivity index (χ2n) is 7.80. The van der Waals surface area contributed by atoms with E-state index < -0.39 is 0 Å². The maximum atomic E-state index is 12.6. The molecule has 0 atom stereocenters. The van der Waals surface area contributed by atoms with Gasteiger partial charge in [0.1, 0.15) is 29.2 Å². The van der Waals surface area contributed by atoms with Crippen molar-refractivity contribution >= 4 is 11.6 Å². The normalized spacial score (nSPS) is 10.1. The van der Waals surface area contributed by atoms with E-state index in [1.807, 2.05) is 36.4 Å². The fourth-order valence-electron chi connectivity index (χ4n) is 3.28. The average Bonchev–Trinajstić information content (AvgIpc) is 3.32. The van der Waals surface area contributed by atoms with E-state index in [1.54, 1.807) is 45.6 Å². The summed E-state index contributed by atoms with van der Waals surface area (Å²) in [5.41, 5.74) is 5.24. The number of ether oxygens (including phenoxy) is 3. The Morgan fingerprint density at radius 3 is 2.17 bits per heavy atom. The lowest BCUT2D eigenvalue weighted by Crippen LogP contribution is -2.13. The molecule has 0 saturated heterocycles. The van der Waals surface area contributed by atoms with Gasteiger partial charge in [0, 0.05) is 24.2 Å². The van der Waals surface area contributed by atoms with Crippen LogP contribution in [0, 0.1) is 20.8 Å². The van der Waals surface area contributed by atoms with Crippen molar-refractivity contribution in [2.75, 3.05) is 26.6 Å². The monoisotopic (exact) mass is 474 g/mol. The molecule has 182 valence electrons. The molecule has 0 aliphatic rings. The standard InChI is InChI=1S/C19H18N2O4.C9H12O/c1-12-20-17(11-25-12)13-5-4-6-14(9-13)21-19(22)16-8-7-15(23-2)10-18(16)24-3;1-7-4-5-9(10-3)6-8(7)2/h4-11H,1-3H3,(H,21,22);4-6H,1-3H3. The van der Waals surface area contributed by atoms with E-state index in [0.29, 0.717) is 28.6 Å². The van der Waals surface area contributed by atoms with E-state index in [4.69, 9.17) is 18.6 Å². The van der Waals surface area contributed by atoms with Crippen molar-refractivity contribution in [1.82, 2.24) is 4.98 Å². The molecule has 0 saturated carbocycles. The Morgan fingerprint density at radius 2 is 1.54 bits per heavy atom. The molecule has 0 radical (unpaired) electrons. The van der Waals surface area contributed by atoms with Crippen LogP contribution in [-0.4, -0.2) is 32.2 Å². The Kier molecular flexibility index (Phi) is 8.51. The number of hydrogen-bond donors (Lipinski definition) is 1. The number of aryl methyl sites for hydroxylation is 3. The molecule has 0 aliphatic heterocycles. The van der Waals surface area contributed by atoms with Gasteiger partial charge in [-0.3, -0.25) is 4.79 Å². The van der Waals surface area contributed by atoms with Crippen LogP contribution in [0.5, 0.6) is 17.2 Å². The van der Waals surface area contributed by atoms with E-state index in [9.17, 15) is 4.79 Å². The summed E-state index contributed by atoms with van der Waals surface area (Å²) in [6, 6.07) is 18.5. The lowest BCUT2D eigenvalue weighted by molar-refractivity contribution is 0.102. The van der Waals surface area contributed by atoms with Crippen LogP contribution < -0.4 is 19.5 Å². The first kappa shape index (κ1) is 25.4. The first-order valence-corrected chi connectivity index (χ1v) is 11.0. The molecule has 1 N–H and O–H groups in total. The van der Waals surface area contributed by atoms with Gasteiger partial charge in [-0.25, -0.2) is 4.98 Å². The molecule has 0 spiro atoms. The molecule has 0 bridgehead atoms. The lowest BCUT2D eigenvalue weighted by Gasteiger charge is -2.11. The number of anilines is 1. The van der Waals surface area contributed by atoms with Crippen molar-refractivity contribution in [2.45, 2.75) is 20.8 Å². The Hall–Kier alpha value is -4.26. The summed E-state index contributed by atoms with van der Waals surface area (Å²) in [5.74, 6) is 2.32. The highest BCUT2D eigenvalue weighted by atomic mass is 16.5. The number of nitrogens with one attached hydrogen (secondary N) is 1. The molecule has 0 fully saturated rings. The first-order chi connectivity index (χ1) is 16.8. The van der Waals surface area contributed by atoms with Crippen molar-refractivity contribution in [3.05, 3.63) is 89.5 Å². The molecule has 1 amide bonds. The third-order valence-corrected chi connectivity index (χ3v) is 5.40. The van der Waals surface area contributed by atoms with Crippen LogP contribution in [0.2, 0.25) is 0 Å². The number of carbonyl (C=O) groups is 1. The molecule has 0 aliphatic carbocycles. The number of aromatic nitrogens is 1. The minimum absolute atomic E-state index is 0.270. The van der Waals surface area contributed by atoms with Gasteiger partial charge >= 0.3 is 0 Å². The number of hydrogen-bond acceptors (Lipinski definition) is 6.